The molecule has 0 aliphatic carbocycles. The van der Waals surface area contributed by atoms with E-state index in [9.17, 15) is 39.3 Å². The number of carbonyl (C=O) groups is 5. The van der Waals surface area contributed by atoms with Crippen molar-refractivity contribution >= 4 is 41.6 Å². The number of carboxylic acids is 2. The predicted octanol–water partition coefficient (Wildman–Crippen LogP) is -9.57. The Balaban J connectivity index is 0.00000480. The SMILES string of the molecule is CCOC(=O)NC(CCCC(=O)NC1C(=O)N2C(C(=O)[O-])=C(CO)CS[C@@H]12)C(=O)[O-].[Na+].[Na+]. The zero-order valence-electron chi connectivity index (χ0n) is 18.0. The zero-order valence-corrected chi connectivity index (χ0v) is 22.9. The van der Waals surface area contributed by atoms with E-state index in [-0.39, 0.29) is 102 Å². The first kappa shape index (κ1) is 31.2. The van der Waals surface area contributed by atoms with E-state index < -0.39 is 53.9 Å². The summed E-state index contributed by atoms with van der Waals surface area (Å²) in [5, 5.41) is 35.6. The van der Waals surface area contributed by atoms with Crippen molar-refractivity contribution in [3.63, 3.8) is 0 Å². The van der Waals surface area contributed by atoms with Crippen molar-refractivity contribution in [1.29, 1.82) is 0 Å². The van der Waals surface area contributed by atoms with Crippen LogP contribution < -0.4 is 80.0 Å². The van der Waals surface area contributed by atoms with Crippen molar-refractivity contribution in [3.8, 4) is 0 Å². The molecule has 2 aliphatic rings. The van der Waals surface area contributed by atoms with Gasteiger partial charge in [-0.25, -0.2) is 4.79 Å². The van der Waals surface area contributed by atoms with E-state index in [0.717, 1.165) is 4.90 Å². The number of hydrogen-bond donors (Lipinski definition) is 3. The molecule has 3 atom stereocenters. The minimum Gasteiger partial charge on any atom is -0.548 e. The maximum Gasteiger partial charge on any atom is 1.00 e. The van der Waals surface area contributed by atoms with Crippen LogP contribution in [0.15, 0.2) is 11.3 Å². The van der Waals surface area contributed by atoms with Gasteiger partial charge in [0, 0.05) is 12.2 Å². The van der Waals surface area contributed by atoms with E-state index in [1.54, 1.807) is 6.92 Å². The van der Waals surface area contributed by atoms with E-state index in [4.69, 9.17) is 0 Å². The molecule has 3 amide bonds. The summed E-state index contributed by atoms with van der Waals surface area (Å²) in [6, 6.07) is -2.27. The Morgan fingerprint density at radius 1 is 1.28 bits per heavy atom. The standard InChI is InChI=1S/C17H23N3O9S.2Na/c1-2-29-17(28)18-9(15(24)25)4-3-5-10(22)19-11-13(23)20-12(16(26)27)8(6-21)7-30-14(11)20;;/h9,11,14,21H,2-7H2,1H3,(H,18,28)(H,19,22)(H,24,25)(H,26,27);;/q;2*+1/p-2/t9?,11?,14-;;/m0../s1. The van der Waals surface area contributed by atoms with Gasteiger partial charge in [0.25, 0.3) is 5.91 Å². The summed E-state index contributed by atoms with van der Waals surface area (Å²) in [4.78, 5) is 59.1. The molecule has 0 aromatic rings. The number of aliphatic carboxylic acids is 2. The first-order valence-corrected chi connectivity index (χ1v) is 10.2. The molecule has 3 N–H and O–H groups in total. The molecule has 0 bridgehead atoms. The summed E-state index contributed by atoms with van der Waals surface area (Å²) in [6.45, 7) is 1.10. The molecule has 2 unspecified atom stereocenters. The van der Waals surface area contributed by atoms with Crippen LogP contribution in [0.25, 0.3) is 0 Å². The average molecular weight is 489 g/mol. The van der Waals surface area contributed by atoms with Gasteiger partial charge in [-0.3, -0.25) is 14.5 Å². The van der Waals surface area contributed by atoms with Gasteiger partial charge in [-0.1, -0.05) is 0 Å². The summed E-state index contributed by atoms with van der Waals surface area (Å²) >= 11 is 1.20. The first-order chi connectivity index (χ1) is 14.2. The van der Waals surface area contributed by atoms with Gasteiger partial charge >= 0.3 is 65.2 Å². The number of rotatable bonds is 10. The van der Waals surface area contributed by atoms with Crippen molar-refractivity contribution < 1.29 is 103 Å². The Hall–Kier alpha value is -0.800. The minimum absolute atomic E-state index is 0. The van der Waals surface area contributed by atoms with Crippen LogP contribution in [0, 0.1) is 0 Å². The third-order valence-electron chi connectivity index (χ3n) is 4.50. The monoisotopic (exact) mass is 489 g/mol. The van der Waals surface area contributed by atoms with Gasteiger partial charge in [-0.2, -0.15) is 0 Å². The van der Waals surface area contributed by atoms with Gasteiger partial charge in [0.2, 0.25) is 5.91 Å². The van der Waals surface area contributed by atoms with E-state index in [0.29, 0.717) is 0 Å². The molecule has 0 saturated carbocycles. The number of thioether (sulfide) groups is 1. The molecule has 2 heterocycles. The second-order valence-electron chi connectivity index (χ2n) is 6.48. The van der Waals surface area contributed by atoms with E-state index in [1.807, 2.05) is 0 Å². The Morgan fingerprint density at radius 3 is 2.47 bits per heavy atom. The number of hydrogen-bond acceptors (Lipinski definition) is 10. The molecular formula is C17H21N3Na2O9S. The molecule has 0 radical (unpaired) electrons. The summed E-state index contributed by atoms with van der Waals surface area (Å²) in [6.07, 6.45) is -1.04. The summed E-state index contributed by atoms with van der Waals surface area (Å²) < 4.78 is 4.60. The van der Waals surface area contributed by atoms with Gasteiger partial charge in [-0.05, 0) is 25.3 Å². The third-order valence-corrected chi connectivity index (χ3v) is 5.84. The molecule has 32 heavy (non-hydrogen) atoms. The second-order valence-corrected chi connectivity index (χ2v) is 7.59. The Morgan fingerprint density at radius 2 is 1.94 bits per heavy atom. The quantitative estimate of drug-likeness (QED) is 0.196. The second kappa shape index (κ2) is 14.5. The number of alkyl carbamates (subject to hydrolysis) is 1. The number of fused-ring (bicyclic) bond motifs is 1. The molecule has 0 aromatic carbocycles. The number of β-lactam (4-membered cyclic amide) rings is 1. The van der Waals surface area contributed by atoms with Crippen molar-refractivity contribution in [2.75, 3.05) is 19.0 Å². The van der Waals surface area contributed by atoms with E-state index >= 15 is 0 Å². The number of carboxylic acid groups (broad SMARTS) is 2. The smallest absolute Gasteiger partial charge is 0.548 e. The Labute approximate surface area is 232 Å². The maximum atomic E-state index is 12.3. The molecule has 2 rings (SSSR count). The van der Waals surface area contributed by atoms with Gasteiger partial charge in [0.1, 0.15) is 11.4 Å². The first-order valence-electron chi connectivity index (χ1n) is 9.13. The Bertz CT molecular complexity index is 780. The zero-order chi connectivity index (χ0) is 22.4. The topological polar surface area (TPSA) is 188 Å². The van der Waals surface area contributed by atoms with Crippen LogP contribution in [0.3, 0.4) is 0 Å². The predicted molar refractivity (Wildman–Crippen MR) is 96.9 cm³/mol. The Kier molecular flexibility index (Phi) is 14.1. The average Bonchev–Trinajstić information content (AvgIpc) is 2.69. The van der Waals surface area contributed by atoms with Crippen LogP contribution in [0.5, 0.6) is 0 Å². The van der Waals surface area contributed by atoms with Gasteiger partial charge in [0.15, 0.2) is 0 Å². The summed E-state index contributed by atoms with van der Waals surface area (Å²) in [5.41, 5.74) is -0.213. The number of aliphatic hydroxyl groups excluding tert-OH is 1. The molecule has 166 valence electrons. The normalized spacial score (nSPS) is 19.9. The molecule has 15 heteroatoms. The molecule has 1 saturated heterocycles. The van der Waals surface area contributed by atoms with Crippen LogP contribution in [0.4, 0.5) is 4.79 Å². The van der Waals surface area contributed by atoms with Crippen LogP contribution in [0.1, 0.15) is 26.2 Å². The third kappa shape index (κ3) is 7.62. The summed E-state index contributed by atoms with van der Waals surface area (Å²) in [7, 11) is 0. The molecule has 2 aliphatic heterocycles. The van der Waals surface area contributed by atoms with Gasteiger partial charge in [-0.15, -0.1) is 11.8 Å². The molecule has 0 aromatic heterocycles. The molecule has 12 nitrogen and oxygen atoms in total. The number of ether oxygens (including phenoxy) is 1. The largest absolute Gasteiger partial charge is 1.00 e. The fourth-order valence-electron chi connectivity index (χ4n) is 3.07. The fraction of sp³-hybridized carbons (Fsp3) is 0.588. The number of nitrogens with zero attached hydrogens (tertiary/aromatic N) is 1. The number of aliphatic hydroxyl groups is 1. The maximum absolute atomic E-state index is 12.3. The van der Waals surface area contributed by atoms with Crippen molar-refractivity contribution in [1.82, 2.24) is 15.5 Å². The van der Waals surface area contributed by atoms with Crippen molar-refractivity contribution in [3.05, 3.63) is 11.3 Å². The molecular weight excluding hydrogens is 468 g/mol. The van der Waals surface area contributed by atoms with E-state index in [2.05, 4.69) is 15.4 Å². The van der Waals surface area contributed by atoms with Crippen LogP contribution >= 0.6 is 11.8 Å². The van der Waals surface area contributed by atoms with E-state index in [1.165, 1.54) is 11.8 Å². The van der Waals surface area contributed by atoms with Crippen molar-refractivity contribution in [2.24, 2.45) is 0 Å². The minimum atomic E-state index is -1.58. The molecule has 0 spiro atoms. The van der Waals surface area contributed by atoms with Gasteiger partial charge in [0.05, 0.1) is 36.9 Å². The van der Waals surface area contributed by atoms with Crippen LogP contribution in [-0.2, 0) is 23.9 Å². The summed E-state index contributed by atoms with van der Waals surface area (Å²) in [5.74, 6) is -4.10. The van der Waals surface area contributed by atoms with Crippen molar-refractivity contribution in [2.45, 2.75) is 43.6 Å². The number of carbonyl (C=O) groups excluding carboxylic acids is 5. The molecule has 1 fully saturated rings. The van der Waals surface area contributed by atoms with Gasteiger partial charge < -0.3 is 40.3 Å². The fourth-order valence-corrected chi connectivity index (χ4v) is 4.40. The van der Waals surface area contributed by atoms with Crippen LogP contribution in [0.2, 0.25) is 0 Å². The number of nitrogens with one attached hydrogen (secondary N) is 2. The van der Waals surface area contributed by atoms with Crippen LogP contribution in [-0.4, -0.2) is 76.3 Å². The number of amides is 3.